The molecule has 0 radical (unpaired) electrons. The van der Waals surface area contributed by atoms with Gasteiger partial charge in [-0.25, -0.2) is 0 Å². The van der Waals surface area contributed by atoms with Crippen LogP contribution in [0.25, 0.3) is 0 Å². The van der Waals surface area contributed by atoms with Crippen LogP contribution in [-0.4, -0.2) is 19.1 Å². The van der Waals surface area contributed by atoms with Crippen LogP contribution in [-0.2, 0) is 9.53 Å². The van der Waals surface area contributed by atoms with Gasteiger partial charge in [0.2, 0.25) is 5.91 Å². The van der Waals surface area contributed by atoms with E-state index in [1.165, 1.54) is 0 Å². The van der Waals surface area contributed by atoms with Crippen LogP contribution < -0.4 is 5.32 Å². The third kappa shape index (κ3) is 2.97. The Morgan fingerprint density at radius 2 is 2.38 bits per heavy atom. The Bertz CT molecular complexity index is 375. The predicted octanol–water partition coefficient (Wildman–Crippen LogP) is 2.71. The minimum atomic E-state index is -0.0345. The summed E-state index contributed by atoms with van der Waals surface area (Å²) in [5, 5.41) is 3.47. The first-order valence-electron chi connectivity index (χ1n) is 5.40. The van der Waals surface area contributed by atoms with Gasteiger partial charge in [0.15, 0.2) is 0 Å². The molecule has 1 amide bonds. The maximum absolute atomic E-state index is 11.8. The summed E-state index contributed by atoms with van der Waals surface area (Å²) in [6, 6.07) is 7.16. The van der Waals surface area contributed by atoms with Crippen molar-refractivity contribution < 1.29 is 9.53 Å². The third-order valence-corrected chi connectivity index (χ3v) is 2.86. The van der Waals surface area contributed by atoms with Crippen LogP contribution >= 0.6 is 11.6 Å². The molecule has 1 unspecified atom stereocenters. The Hall–Kier alpha value is -1.06. The van der Waals surface area contributed by atoms with Gasteiger partial charge in [-0.2, -0.15) is 0 Å². The summed E-state index contributed by atoms with van der Waals surface area (Å²) in [5.41, 5.74) is 0.739. The second kappa shape index (κ2) is 5.32. The minimum absolute atomic E-state index is 0.0157. The molecule has 0 spiro atoms. The van der Waals surface area contributed by atoms with E-state index in [-0.39, 0.29) is 11.8 Å². The molecule has 0 saturated carbocycles. The molecule has 16 heavy (non-hydrogen) atoms. The summed E-state index contributed by atoms with van der Waals surface area (Å²) < 4.78 is 5.28. The van der Waals surface area contributed by atoms with Crippen molar-refractivity contribution in [1.82, 2.24) is 0 Å². The first kappa shape index (κ1) is 11.4. The Labute approximate surface area is 99.7 Å². The summed E-state index contributed by atoms with van der Waals surface area (Å²) in [6.45, 7) is 1.29. The largest absolute Gasteiger partial charge is 0.381 e. The van der Waals surface area contributed by atoms with Crippen molar-refractivity contribution in [3.05, 3.63) is 29.3 Å². The molecular formula is C12H14ClNO2. The Kier molecular flexibility index (Phi) is 3.80. The molecule has 1 fully saturated rings. The maximum atomic E-state index is 11.8. The molecule has 0 bridgehead atoms. The van der Waals surface area contributed by atoms with Crippen LogP contribution in [0.2, 0.25) is 5.02 Å². The van der Waals surface area contributed by atoms with Crippen molar-refractivity contribution >= 4 is 23.2 Å². The molecule has 1 N–H and O–H groups in total. The second-order valence-electron chi connectivity index (χ2n) is 3.91. The number of rotatable bonds is 2. The van der Waals surface area contributed by atoms with Gasteiger partial charge in [0.25, 0.3) is 0 Å². The SMILES string of the molecule is O=C(Nc1cccc(Cl)c1)C1CCCOC1. The first-order valence-corrected chi connectivity index (χ1v) is 5.77. The van der Waals surface area contributed by atoms with Gasteiger partial charge < -0.3 is 10.1 Å². The van der Waals surface area contributed by atoms with E-state index in [0.29, 0.717) is 11.6 Å². The summed E-state index contributed by atoms with van der Waals surface area (Å²) in [5.74, 6) is -0.0188. The molecule has 1 aromatic rings. The average Bonchev–Trinajstić information content (AvgIpc) is 2.30. The van der Waals surface area contributed by atoms with E-state index in [2.05, 4.69) is 5.32 Å². The molecule has 4 heteroatoms. The third-order valence-electron chi connectivity index (χ3n) is 2.62. The van der Waals surface area contributed by atoms with E-state index in [4.69, 9.17) is 16.3 Å². The van der Waals surface area contributed by atoms with Gasteiger partial charge in [-0.1, -0.05) is 17.7 Å². The fraction of sp³-hybridized carbons (Fsp3) is 0.417. The van der Waals surface area contributed by atoms with E-state index in [1.54, 1.807) is 12.1 Å². The van der Waals surface area contributed by atoms with Crippen LogP contribution in [0.3, 0.4) is 0 Å². The topological polar surface area (TPSA) is 38.3 Å². The standard InChI is InChI=1S/C12H14ClNO2/c13-10-4-1-5-11(7-10)14-12(15)9-3-2-6-16-8-9/h1,4-5,7,9H,2-3,6,8H2,(H,14,15). The fourth-order valence-electron chi connectivity index (χ4n) is 1.76. The van der Waals surface area contributed by atoms with Crippen molar-refractivity contribution in [2.75, 3.05) is 18.5 Å². The number of amides is 1. The fourth-order valence-corrected chi connectivity index (χ4v) is 1.95. The van der Waals surface area contributed by atoms with Crippen LogP contribution in [0.4, 0.5) is 5.69 Å². The molecule has 1 aliphatic rings. The molecule has 2 rings (SSSR count). The lowest BCUT2D eigenvalue weighted by atomic mass is 10.0. The predicted molar refractivity (Wildman–Crippen MR) is 63.6 cm³/mol. The number of ether oxygens (including phenoxy) is 1. The molecule has 1 atom stereocenters. The molecule has 3 nitrogen and oxygen atoms in total. The molecule has 1 saturated heterocycles. The summed E-state index contributed by atoms with van der Waals surface area (Å²) in [7, 11) is 0. The van der Waals surface area contributed by atoms with Crippen molar-refractivity contribution in [1.29, 1.82) is 0 Å². The molecule has 0 aliphatic carbocycles. The minimum Gasteiger partial charge on any atom is -0.381 e. The highest BCUT2D eigenvalue weighted by atomic mass is 35.5. The quantitative estimate of drug-likeness (QED) is 0.862. The van der Waals surface area contributed by atoms with Crippen molar-refractivity contribution in [3.8, 4) is 0 Å². The van der Waals surface area contributed by atoms with Gasteiger partial charge in [-0.15, -0.1) is 0 Å². The highest BCUT2D eigenvalue weighted by Gasteiger charge is 2.21. The van der Waals surface area contributed by atoms with Crippen LogP contribution in [0.15, 0.2) is 24.3 Å². The zero-order valence-corrected chi connectivity index (χ0v) is 9.67. The van der Waals surface area contributed by atoms with Crippen molar-refractivity contribution in [3.63, 3.8) is 0 Å². The number of benzene rings is 1. The number of halogens is 1. The zero-order chi connectivity index (χ0) is 11.4. The van der Waals surface area contributed by atoms with Gasteiger partial charge in [0, 0.05) is 17.3 Å². The molecule has 1 heterocycles. The number of nitrogens with one attached hydrogen (secondary N) is 1. The van der Waals surface area contributed by atoms with E-state index in [1.807, 2.05) is 12.1 Å². The molecular weight excluding hydrogens is 226 g/mol. The van der Waals surface area contributed by atoms with E-state index in [0.717, 1.165) is 25.1 Å². The van der Waals surface area contributed by atoms with Gasteiger partial charge in [-0.05, 0) is 31.0 Å². The zero-order valence-electron chi connectivity index (χ0n) is 8.91. The molecule has 0 aromatic heterocycles. The van der Waals surface area contributed by atoms with Crippen LogP contribution in [0.1, 0.15) is 12.8 Å². The van der Waals surface area contributed by atoms with E-state index >= 15 is 0 Å². The van der Waals surface area contributed by atoms with E-state index < -0.39 is 0 Å². The lowest BCUT2D eigenvalue weighted by molar-refractivity contribution is -0.123. The number of carbonyl (C=O) groups excluding carboxylic acids is 1. The lowest BCUT2D eigenvalue weighted by Gasteiger charge is -2.21. The smallest absolute Gasteiger partial charge is 0.229 e. The van der Waals surface area contributed by atoms with Crippen LogP contribution in [0.5, 0.6) is 0 Å². The maximum Gasteiger partial charge on any atom is 0.229 e. The second-order valence-corrected chi connectivity index (χ2v) is 4.35. The first-order chi connectivity index (χ1) is 7.75. The number of anilines is 1. The molecule has 1 aromatic carbocycles. The lowest BCUT2D eigenvalue weighted by Crippen LogP contribution is -2.30. The molecule has 86 valence electrons. The molecule has 1 aliphatic heterocycles. The normalized spacial score (nSPS) is 20.4. The summed E-state index contributed by atoms with van der Waals surface area (Å²) in [4.78, 5) is 11.8. The summed E-state index contributed by atoms with van der Waals surface area (Å²) in [6.07, 6.45) is 1.85. The van der Waals surface area contributed by atoms with Gasteiger partial charge >= 0.3 is 0 Å². The van der Waals surface area contributed by atoms with Gasteiger partial charge in [0.1, 0.15) is 0 Å². The number of hydrogen-bond donors (Lipinski definition) is 1. The van der Waals surface area contributed by atoms with Crippen LogP contribution in [0, 0.1) is 5.92 Å². The van der Waals surface area contributed by atoms with Crippen molar-refractivity contribution in [2.24, 2.45) is 5.92 Å². The highest BCUT2D eigenvalue weighted by Crippen LogP contribution is 2.18. The monoisotopic (exact) mass is 239 g/mol. The van der Waals surface area contributed by atoms with Crippen molar-refractivity contribution in [2.45, 2.75) is 12.8 Å². The van der Waals surface area contributed by atoms with Gasteiger partial charge in [0.05, 0.1) is 12.5 Å². The summed E-state index contributed by atoms with van der Waals surface area (Å²) >= 11 is 5.84. The Morgan fingerprint density at radius 1 is 1.50 bits per heavy atom. The Morgan fingerprint density at radius 3 is 3.06 bits per heavy atom. The highest BCUT2D eigenvalue weighted by molar-refractivity contribution is 6.30. The number of carbonyl (C=O) groups is 1. The Balaban J connectivity index is 1.96. The number of hydrogen-bond acceptors (Lipinski definition) is 2. The van der Waals surface area contributed by atoms with E-state index in [9.17, 15) is 4.79 Å². The average molecular weight is 240 g/mol. The van der Waals surface area contributed by atoms with Gasteiger partial charge in [-0.3, -0.25) is 4.79 Å².